The van der Waals surface area contributed by atoms with Gasteiger partial charge in [0.1, 0.15) is 4.34 Å². The largest absolute Gasteiger partial charge is 0.238 e. The SMILES string of the molecule is N#CC1(CSc2nccs2)CC1. The van der Waals surface area contributed by atoms with E-state index in [0.29, 0.717) is 0 Å². The number of thioether (sulfide) groups is 1. The molecule has 1 aromatic heterocycles. The lowest BCUT2D eigenvalue weighted by atomic mass is 10.2. The number of hydrogen-bond acceptors (Lipinski definition) is 4. The minimum atomic E-state index is -0.00363. The highest BCUT2D eigenvalue weighted by molar-refractivity contribution is 8.01. The van der Waals surface area contributed by atoms with E-state index < -0.39 is 0 Å². The molecule has 0 atom stereocenters. The fourth-order valence-corrected chi connectivity index (χ4v) is 2.78. The molecule has 1 aromatic rings. The van der Waals surface area contributed by atoms with Crippen molar-refractivity contribution in [3.8, 4) is 6.07 Å². The van der Waals surface area contributed by atoms with Crippen molar-refractivity contribution in [2.75, 3.05) is 5.75 Å². The highest BCUT2D eigenvalue weighted by Gasteiger charge is 2.43. The fraction of sp³-hybridized carbons (Fsp3) is 0.500. The van der Waals surface area contributed by atoms with Crippen LogP contribution in [0.15, 0.2) is 15.9 Å². The predicted octanol–water partition coefficient (Wildman–Crippen LogP) is 2.54. The number of nitriles is 1. The summed E-state index contributed by atoms with van der Waals surface area (Å²) >= 11 is 3.35. The van der Waals surface area contributed by atoms with Crippen LogP contribution in [0.4, 0.5) is 0 Å². The summed E-state index contributed by atoms with van der Waals surface area (Å²) in [7, 11) is 0. The summed E-state index contributed by atoms with van der Waals surface area (Å²) in [5, 5.41) is 10.8. The fourth-order valence-electron chi connectivity index (χ4n) is 0.921. The summed E-state index contributed by atoms with van der Waals surface area (Å²) in [6, 6.07) is 2.37. The van der Waals surface area contributed by atoms with Crippen LogP contribution in [0.25, 0.3) is 0 Å². The molecule has 1 fully saturated rings. The summed E-state index contributed by atoms with van der Waals surface area (Å²) < 4.78 is 1.08. The highest BCUT2D eigenvalue weighted by Crippen LogP contribution is 2.48. The molecular weight excluding hydrogens is 188 g/mol. The zero-order valence-corrected chi connectivity index (χ0v) is 8.12. The van der Waals surface area contributed by atoms with Gasteiger partial charge in [0.15, 0.2) is 0 Å². The molecule has 1 heterocycles. The molecule has 0 saturated heterocycles. The van der Waals surface area contributed by atoms with E-state index in [4.69, 9.17) is 5.26 Å². The molecule has 0 bridgehead atoms. The summed E-state index contributed by atoms with van der Waals surface area (Å²) in [6.07, 6.45) is 3.95. The van der Waals surface area contributed by atoms with Crippen molar-refractivity contribution in [3.63, 3.8) is 0 Å². The van der Waals surface area contributed by atoms with E-state index in [1.54, 1.807) is 29.3 Å². The average Bonchev–Trinajstić information content (AvgIpc) is 2.70. The van der Waals surface area contributed by atoms with Crippen molar-refractivity contribution in [1.29, 1.82) is 5.26 Å². The summed E-state index contributed by atoms with van der Waals surface area (Å²) in [4.78, 5) is 4.15. The van der Waals surface area contributed by atoms with Gasteiger partial charge in [-0.15, -0.1) is 11.3 Å². The second kappa shape index (κ2) is 3.08. The quantitative estimate of drug-likeness (QED) is 0.697. The molecular formula is C8H8N2S2. The Kier molecular flexibility index (Phi) is 2.07. The number of rotatable bonds is 3. The number of aromatic nitrogens is 1. The lowest BCUT2D eigenvalue weighted by Crippen LogP contribution is -1.98. The first-order valence-electron chi connectivity index (χ1n) is 3.78. The lowest BCUT2D eigenvalue weighted by molar-refractivity contribution is 0.782. The molecule has 62 valence electrons. The van der Waals surface area contributed by atoms with Gasteiger partial charge in [-0.2, -0.15) is 5.26 Å². The molecule has 0 unspecified atom stereocenters. The third-order valence-electron chi connectivity index (χ3n) is 1.97. The van der Waals surface area contributed by atoms with Gasteiger partial charge in [0.2, 0.25) is 0 Å². The first-order valence-corrected chi connectivity index (χ1v) is 5.65. The summed E-state index contributed by atoms with van der Waals surface area (Å²) in [6.45, 7) is 0. The Hall–Kier alpha value is -0.530. The first-order chi connectivity index (χ1) is 5.85. The molecule has 1 saturated carbocycles. The maximum absolute atomic E-state index is 8.80. The molecule has 2 nitrogen and oxygen atoms in total. The van der Waals surface area contributed by atoms with Gasteiger partial charge in [0, 0.05) is 17.3 Å². The first kappa shape index (κ1) is 8.09. The Morgan fingerprint density at radius 1 is 1.75 bits per heavy atom. The van der Waals surface area contributed by atoms with Crippen molar-refractivity contribution in [2.45, 2.75) is 17.2 Å². The molecule has 0 spiro atoms. The predicted molar refractivity (Wildman–Crippen MR) is 50.1 cm³/mol. The molecule has 0 N–H and O–H groups in total. The number of nitrogens with zero attached hydrogens (tertiary/aromatic N) is 2. The van der Waals surface area contributed by atoms with Crippen LogP contribution in [0.1, 0.15) is 12.8 Å². The van der Waals surface area contributed by atoms with Crippen LogP contribution in [-0.4, -0.2) is 10.7 Å². The third kappa shape index (κ3) is 1.62. The molecule has 4 heteroatoms. The molecule has 0 radical (unpaired) electrons. The van der Waals surface area contributed by atoms with Gasteiger partial charge in [-0.25, -0.2) is 4.98 Å². The Morgan fingerprint density at radius 2 is 2.58 bits per heavy atom. The molecule has 1 aliphatic rings. The van der Waals surface area contributed by atoms with Crippen molar-refractivity contribution in [3.05, 3.63) is 11.6 Å². The monoisotopic (exact) mass is 196 g/mol. The van der Waals surface area contributed by atoms with Crippen molar-refractivity contribution in [1.82, 2.24) is 4.98 Å². The molecule has 1 aliphatic carbocycles. The van der Waals surface area contributed by atoms with Crippen LogP contribution in [0.2, 0.25) is 0 Å². The van der Waals surface area contributed by atoms with Crippen LogP contribution in [0.3, 0.4) is 0 Å². The van der Waals surface area contributed by atoms with Crippen LogP contribution in [-0.2, 0) is 0 Å². The number of hydrogen-bond donors (Lipinski definition) is 0. The van der Waals surface area contributed by atoms with Crippen LogP contribution >= 0.6 is 23.1 Å². The Bertz CT molecular complexity index is 295. The molecule has 0 aliphatic heterocycles. The van der Waals surface area contributed by atoms with E-state index in [1.165, 1.54) is 0 Å². The maximum atomic E-state index is 8.80. The Morgan fingerprint density at radius 3 is 3.08 bits per heavy atom. The van der Waals surface area contributed by atoms with E-state index in [1.807, 2.05) is 5.38 Å². The van der Waals surface area contributed by atoms with E-state index in [-0.39, 0.29) is 5.41 Å². The summed E-state index contributed by atoms with van der Waals surface area (Å²) in [5.74, 6) is 0.914. The third-order valence-corrected chi connectivity index (χ3v) is 4.23. The van der Waals surface area contributed by atoms with Crippen LogP contribution in [0, 0.1) is 16.7 Å². The molecule has 2 rings (SSSR count). The Labute approximate surface area is 79.6 Å². The van der Waals surface area contributed by atoms with Crippen molar-refractivity contribution < 1.29 is 0 Å². The van der Waals surface area contributed by atoms with Crippen LogP contribution < -0.4 is 0 Å². The second-order valence-electron chi connectivity index (χ2n) is 2.98. The highest BCUT2D eigenvalue weighted by atomic mass is 32.2. The minimum Gasteiger partial charge on any atom is -0.238 e. The lowest BCUT2D eigenvalue weighted by Gasteiger charge is -2.00. The molecule has 0 aromatic carbocycles. The van der Waals surface area contributed by atoms with Gasteiger partial charge < -0.3 is 0 Å². The van der Waals surface area contributed by atoms with Crippen molar-refractivity contribution >= 4 is 23.1 Å². The smallest absolute Gasteiger partial charge is 0.149 e. The van der Waals surface area contributed by atoms with E-state index in [0.717, 1.165) is 22.9 Å². The topological polar surface area (TPSA) is 36.7 Å². The van der Waals surface area contributed by atoms with Gasteiger partial charge in [-0.3, -0.25) is 0 Å². The standard InChI is InChI=1S/C8H8N2S2/c9-5-8(1-2-8)6-12-7-10-3-4-11-7/h3-4H,1-2,6H2. The second-order valence-corrected chi connectivity index (χ2v) is 5.10. The average molecular weight is 196 g/mol. The molecule has 12 heavy (non-hydrogen) atoms. The Balaban J connectivity index is 1.88. The van der Waals surface area contributed by atoms with E-state index in [2.05, 4.69) is 11.1 Å². The van der Waals surface area contributed by atoms with E-state index >= 15 is 0 Å². The molecule has 0 amide bonds. The zero-order chi connectivity index (χ0) is 8.44. The maximum Gasteiger partial charge on any atom is 0.149 e. The van der Waals surface area contributed by atoms with Gasteiger partial charge >= 0.3 is 0 Å². The van der Waals surface area contributed by atoms with Gasteiger partial charge in [0.05, 0.1) is 11.5 Å². The normalized spacial score (nSPS) is 18.6. The van der Waals surface area contributed by atoms with Crippen molar-refractivity contribution in [2.24, 2.45) is 5.41 Å². The number of thiazole rings is 1. The van der Waals surface area contributed by atoms with Gasteiger partial charge in [-0.1, -0.05) is 11.8 Å². The van der Waals surface area contributed by atoms with Crippen LogP contribution in [0.5, 0.6) is 0 Å². The zero-order valence-electron chi connectivity index (χ0n) is 6.49. The minimum absolute atomic E-state index is 0.00363. The van der Waals surface area contributed by atoms with Gasteiger partial charge in [-0.05, 0) is 12.8 Å². The van der Waals surface area contributed by atoms with E-state index in [9.17, 15) is 0 Å². The summed E-state index contributed by atoms with van der Waals surface area (Å²) in [5.41, 5.74) is -0.00363. The van der Waals surface area contributed by atoms with Gasteiger partial charge in [0.25, 0.3) is 0 Å².